The number of aromatic nitrogens is 2. The number of benzene rings is 1. The van der Waals surface area contributed by atoms with Crippen molar-refractivity contribution in [2.45, 2.75) is 44.8 Å². The highest BCUT2D eigenvalue weighted by Gasteiger charge is 2.23. The van der Waals surface area contributed by atoms with Gasteiger partial charge in [0.2, 0.25) is 11.7 Å². The van der Waals surface area contributed by atoms with Crippen molar-refractivity contribution < 1.29 is 13.7 Å². The molecule has 1 aliphatic rings. The van der Waals surface area contributed by atoms with Gasteiger partial charge in [-0.3, -0.25) is 9.69 Å². The van der Waals surface area contributed by atoms with Crippen LogP contribution in [0, 0.1) is 0 Å². The summed E-state index contributed by atoms with van der Waals surface area (Å²) in [5, 5.41) is 9.13. The van der Waals surface area contributed by atoms with Crippen LogP contribution in [-0.2, 0) is 19.5 Å². The van der Waals surface area contributed by atoms with Gasteiger partial charge in [0.15, 0.2) is 0 Å². The molecule has 0 aliphatic heterocycles. The number of carbonyl (C=O) groups is 1. The van der Waals surface area contributed by atoms with Crippen LogP contribution in [-0.4, -0.2) is 33.5 Å². The molecule has 8 heteroatoms. The molecule has 0 spiro atoms. The summed E-state index contributed by atoms with van der Waals surface area (Å²) >= 11 is 1.60. The van der Waals surface area contributed by atoms with E-state index in [0.29, 0.717) is 36.3 Å². The van der Waals surface area contributed by atoms with Crippen molar-refractivity contribution in [3.05, 3.63) is 83.0 Å². The smallest absolute Gasteiger partial charge is 0.251 e. The van der Waals surface area contributed by atoms with Gasteiger partial charge in [-0.05, 0) is 67.1 Å². The van der Waals surface area contributed by atoms with Crippen molar-refractivity contribution in [1.82, 2.24) is 20.4 Å². The van der Waals surface area contributed by atoms with Gasteiger partial charge in [0.25, 0.3) is 5.91 Å². The maximum atomic E-state index is 12.2. The second-order valence-corrected chi connectivity index (χ2v) is 9.27. The van der Waals surface area contributed by atoms with Crippen molar-refractivity contribution in [3.63, 3.8) is 0 Å². The van der Waals surface area contributed by atoms with Crippen molar-refractivity contribution >= 4 is 17.2 Å². The normalized spacial score (nSPS) is 13.5. The number of furan rings is 1. The third-order valence-corrected chi connectivity index (χ3v) is 6.43. The van der Waals surface area contributed by atoms with Crippen LogP contribution in [0.1, 0.15) is 46.8 Å². The van der Waals surface area contributed by atoms with Crippen molar-refractivity contribution in [1.29, 1.82) is 0 Å². The zero-order valence-electron chi connectivity index (χ0n) is 18.3. The Morgan fingerprint density at radius 3 is 2.73 bits per heavy atom. The summed E-state index contributed by atoms with van der Waals surface area (Å²) in [6, 6.07) is 16.1. The number of nitrogens with one attached hydrogen (secondary N) is 1. The topological polar surface area (TPSA) is 84.4 Å². The van der Waals surface area contributed by atoms with E-state index in [9.17, 15) is 4.79 Å². The number of aryl methyl sites for hydroxylation is 1. The predicted octanol–water partition coefficient (Wildman–Crippen LogP) is 4.92. The Labute approximate surface area is 196 Å². The molecular weight excluding hydrogens is 436 g/mol. The monoisotopic (exact) mass is 462 g/mol. The molecule has 0 bridgehead atoms. The van der Waals surface area contributed by atoms with E-state index in [1.807, 2.05) is 53.9 Å². The lowest BCUT2D eigenvalue weighted by Gasteiger charge is -2.21. The lowest BCUT2D eigenvalue weighted by molar-refractivity contribution is 0.0951. The van der Waals surface area contributed by atoms with E-state index in [2.05, 4.69) is 20.4 Å². The fourth-order valence-corrected chi connectivity index (χ4v) is 4.32. The summed E-state index contributed by atoms with van der Waals surface area (Å²) < 4.78 is 11.0. The van der Waals surface area contributed by atoms with Gasteiger partial charge in [0.05, 0.1) is 17.7 Å². The molecule has 3 aromatic heterocycles. The average molecular weight is 463 g/mol. The molecule has 0 saturated heterocycles. The Hall–Kier alpha value is -3.23. The minimum atomic E-state index is 0.0120. The Morgan fingerprint density at radius 2 is 2.00 bits per heavy atom. The van der Waals surface area contributed by atoms with Crippen LogP contribution in [0.25, 0.3) is 10.7 Å². The van der Waals surface area contributed by atoms with E-state index >= 15 is 0 Å². The zero-order chi connectivity index (χ0) is 22.5. The maximum Gasteiger partial charge on any atom is 0.251 e. The molecule has 0 atom stereocenters. The molecule has 0 radical (unpaired) electrons. The van der Waals surface area contributed by atoms with Crippen molar-refractivity contribution in [3.8, 4) is 10.7 Å². The molecule has 1 aromatic carbocycles. The first kappa shape index (κ1) is 21.6. The molecule has 170 valence electrons. The Kier molecular flexibility index (Phi) is 6.64. The predicted molar refractivity (Wildman–Crippen MR) is 126 cm³/mol. The molecule has 33 heavy (non-hydrogen) atoms. The van der Waals surface area contributed by atoms with Gasteiger partial charge in [-0.15, -0.1) is 11.3 Å². The second-order valence-electron chi connectivity index (χ2n) is 8.33. The number of nitrogens with zero attached hydrogens (tertiary/aromatic N) is 3. The third-order valence-electron chi connectivity index (χ3n) is 5.57. The first-order valence-corrected chi connectivity index (χ1v) is 12.1. The highest BCUT2D eigenvalue weighted by atomic mass is 32.1. The van der Waals surface area contributed by atoms with Gasteiger partial charge in [-0.25, -0.2) is 0 Å². The first-order valence-electron chi connectivity index (χ1n) is 11.2. The summed E-state index contributed by atoms with van der Waals surface area (Å²) in [5.74, 6) is 2.24. The number of thiophene rings is 1. The van der Waals surface area contributed by atoms with E-state index in [1.54, 1.807) is 17.6 Å². The molecule has 7 nitrogen and oxygen atoms in total. The molecule has 1 amide bonds. The molecule has 4 aromatic rings. The van der Waals surface area contributed by atoms with Crippen LogP contribution >= 0.6 is 11.3 Å². The van der Waals surface area contributed by atoms with E-state index in [-0.39, 0.29) is 5.91 Å². The summed E-state index contributed by atoms with van der Waals surface area (Å²) in [5.41, 5.74) is 1.86. The molecular formula is C25H26N4O3S. The Morgan fingerprint density at radius 1 is 1.12 bits per heavy atom. The third kappa shape index (κ3) is 5.97. The molecule has 1 fully saturated rings. The van der Waals surface area contributed by atoms with E-state index in [0.717, 1.165) is 48.6 Å². The summed E-state index contributed by atoms with van der Waals surface area (Å²) in [6.45, 7) is 2.32. The summed E-state index contributed by atoms with van der Waals surface area (Å²) in [4.78, 5) is 20.1. The molecule has 3 heterocycles. The number of hydrogen-bond acceptors (Lipinski definition) is 7. The van der Waals surface area contributed by atoms with Crippen LogP contribution in [0.5, 0.6) is 0 Å². The summed E-state index contributed by atoms with van der Waals surface area (Å²) in [7, 11) is 0. The lowest BCUT2D eigenvalue weighted by Crippen LogP contribution is -2.26. The fraction of sp³-hybridized carbons (Fsp3) is 0.320. The highest BCUT2D eigenvalue weighted by Crippen LogP contribution is 2.22. The van der Waals surface area contributed by atoms with Gasteiger partial charge in [0.1, 0.15) is 5.76 Å². The van der Waals surface area contributed by atoms with Crippen molar-refractivity contribution in [2.75, 3.05) is 6.54 Å². The number of carbonyl (C=O) groups excluding carboxylic acids is 1. The summed E-state index contributed by atoms with van der Waals surface area (Å²) in [6.07, 6.45) is 5.47. The minimum absolute atomic E-state index is 0.0120. The average Bonchev–Trinajstić information content (AvgIpc) is 3.26. The van der Waals surface area contributed by atoms with Gasteiger partial charge >= 0.3 is 0 Å². The van der Waals surface area contributed by atoms with E-state index in [1.165, 1.54) is 0 Å². The first-order chi connectivity index (χ1) is 16.2. The van der Waals surface area contributed by atoms with E-state index in [4.69, 9.17) is 8.94 Å². The van der Waals surface area contributed by atoms with Gasteiger partial charge < -0.3 is 14.3 Å². The maximum absolute atomic E-state index is 12.2. The van der Waals surface area contributed by atoms with Crippen LogP contribution in [0.4, 0.5) is 0 Å². The SMILES string of the molecule is O=C(NC1CC1)c1ccc(CN(CCCc2nc(-c3cccs3)no2)Cc2ccco2)cc1. The molecule has 1 N–H and O–H groups in total. The van der Waals surface area contributed by atoms with Crippen LogP contribution in [0.15, 0.2) is 69.1 Å². The lowest BCUT2D eigenvalue weighted by atomic mass is 10.1. The second kappa shape index (κ2) is 10.1. The zero-order valence-corrected chi connectivity index (χ0v) is 19.1. The van der Waals surface area contributed by atoms with Crippen LogP contribution in [0.3, 0.4) is 0 Å². The van der Waals surface area contributed by atoms with Gasteiger partial charge in [0, 0.05) is 24.6 Å². The quantitative estimate of drug-likeness (QED) is 0.341. The van der Waals surface area contributed by atoms with Crippen LogP contribution in [0.2, 0.25) is 0 Å². The Bertz CT molecular complexity index is 1150. The molecule has 5 rings (SSSR count). The largest absolute Gasteiger partial charge is 0.468 e. The number of hydrogen-bond donors (Lipinski definition) is 1. The highest BCUT2D eigenvalue weighted by molar-refractivity contribution is 7.13. The Balaban J connectivity index is 1.18. The standard InChI is InChI=1S/C25H26N4O3S/c30-25(26-20-11-12-20)19-9-7-18(8-10-19)16-29(17-21-4-2-14-31-21)13-1-6-23-27-24(28-32-23)22-5-3-15-33-22/h2-5,7-10,14-15,20H,1,6,11-13,16-17H2,(H,26,30). The minimum Gasteiger partial charge on any atom is -0.468 e. The molecule has 1 aliphatic carbocycles. The number of amides is 1. The molecule has 0 unspecified atom stereocenters. The van der Waals surface area contributed by atoms with Gasteiger partial charge in [-0.1, -0.05) is 23.4 Å². The van der Waals surface area contributed by atoms with Crippen molar-refractivity contribution in [2.24, 2.45) is 0 Å². The number of rotatable bonds is 11. The van der Waals surface area contributed by atoms with Gasteiger partial charge in [-0.2, -0.15) is 4.98 Å². The fourth-order valence-electron chi connectivity index (χ4n) is 3.67. The van der Waals surface area contributed by atoms with Crippen LogP contribution < -0.4 is 5.32 Å². The van der Waals surface area contributed by atoms with E-state index < -0.39 is 0 Å². The molecule has 1 saturated carbocycles.